The lowest BCUT2D eigenvalue weighted by Gasteiger charge is -2.15. The number of Topliss-reactive ketones (excluding diaryl/α,β-unsaturated/α-hetero) is 1. The maximum absolute atomic E-state index is 12.4. The van der Waals surface area contributed by atoms with E-state index < -0.39 is 11.9 Å². The molecule has 0 radical (unpaired) electrons. The van der Waals surface area contributed by atoms with Gasteiger partial charge in [-0.2, -0.15) is 0 Å². The van der Waals surface area contributed by atoms with Crippen LogP contribution < -0.4 is 9.47 Å². The van der Waals surface area contributed by atoms with Crippen molar-refractivity contribution in [2.45, 2.75) is 12.3 Å². The van der Waals surface area contributed by atoms with Crippen LogP contribution in [0.3, 0.4) is 0 Å². The van der Waals surface area contributed by atoms with Gasteiger partial charge in [-0.05, 0) is 17.7 Å². The third-order valence-corrected chi connectivity index (χ3v) is 3.77. The normalized spacial score (nSPS) is 13.4. The Morgan fingerprint density at radius 3 is 2.57 bits per heavy atom. The van der Waals surface area contributed by atoms with Gasteiger partial charge in [-0.25, -0.2) is 0 Å². The number of carbonyl (C=O) groups is 2. The summed E-state index contributed by atoms with van der Waals surface area (Å²) in [5, 5.41) is 0. The van der Waals surface area contributed by atoms with Gasteiger partial charge in [-0.1, -0.05) is 36.4 Å². The summed E-state index contributed by atoms with van der Waals surface area (Å²) >= 11 is 0. The lowest BCUT2D eigenvalue weighted by molar-refractivity contribution is -0.142. The average Bonchev–Trinajstić information content (AvgIpc) is 3.07. The molecule has 0 spiro atoms. The maximum atomic E-state index is 12.4. The lowest BCUT2D eigenvalue weighted by atomic mass is 9.91. The Balaban J connectivity index is 1.86. The van der Waals surface area contributed by atoms with E-state index in [-0.39, 0.29) is 19.0 Å². The average molecular weight is 312 g/mol. The second-order valence-electron chi connectivity index (χ2n) is 5.18. The third kappa shape index (κ3) is 3.18. The molecular weight excluding hydrogens is 296 g/mol. The molecule has 0 aliphatic carbocycles. The zero-order valence-electron chi connectivity index (χ0n) is 12.7. The molecule has 0 bridgehead atoms. The Bertz CT molecular complexity index is 723. The molecular formula is C18H16O5. The van der Waals surface area contributed by atoms with Crippen molar-refractivity contribution in [2.24, 2.45) is 0 Å². The van der Waals surface area contributed by atoms with E-state index in [9.17, 15) is 9.59 Å². The second kappa shape index (κ2) is 6.52. The molecule has 23 heavy (non-hydrogen) atoms. The highest BCUT2D eigenvalue weighted by atomic mass is 16.7. The van der Waals surface area contributed by atoms with Crippen LogP contribution in [0.2, 0.25) is 0 Å². The van der Waals surface area contributed by atoms with E-state index in [0.29, 0.717) is 22.6 Å². The summed E-state index contributed by atoms with van der Waals surface area (Å²) in [7, 11) is 1.31. The van der Waals surface area contributed by atoms with Crippen LogP contribution in [0.15, 0.2) is 48.5 Å². The molecule has 5 heteroatoms. The van der Waals surface area contributed by atoms with E-state index in [4.69, 9.17) is 14.2 Å². The molecule has 2 aromatic rings. The van der Waals surface area contributed by atoms with E-state index in [1.54, 1.807) is 42.5 Å². The quantitative estimate of drug-likeness (QED) is 0.627. The number of ether oxygens (including phenoxy) is 3. The van der Waals surface area contributed by atoms with Gasteiger partial charge in [0, 0.05) is 12.0 Å². The van der Waals surface area contributed by atoms with Crippen LogP contribution in [-0.4, -0.2) is 25.7 Å². The number of rotatable bonds is 5. The molecule has 0 saturated heterocycles. The maximum Gasteiger partial charge on any atom is 0.313 e. The summed E-state index contributed by atoms with van der Waals surface area (Å²) in [5.74, 6) is -0.0377. The Kier molecular flexibility index (Phi) is 4.28. The number of carbonyl (C=O) groups excluding carboxylic acids is 2. The number of fused-ring (bicyclic) bond motifs is 1. The molecule has 1 heterocycles. The summed E-state index contributed by atoms with van der Waals surface area (Å²) in [6, 6.07) is 14.1. The highest BCUT2D eigenvalue weighted by molar-refractivity contribution is 5.99. The van der Waals surface area contributed by atoms with Gasteiger partial charge in [0.05, 0.1) is 13.0 Å². The highest BCUT2D eigenvalue weighted by Gasteiger charge is 2.27. The van der Waals surface area contributed by atoms with Crippen molar-refractivity contribution in [1.82, 2.24) is 0 Å². The first-order valence-corrected chi connectivity index (χ1v) is 7.24. The van der Waals surface area contributed by atoms with E-state index in [2.05, 4.69) is 0 Å². The number of hydrogen-bond acceptors (Lipinski definition) is 5. The van der Waals surface area contributed by atoms with E-state index in [1.807, 2.05) is 6.07 Å². The fourth-order valence-corrected chi connectivity index (χ4v) is 2.54. The molecule has 1 aliphatic heterocycles. The van der Waals surface area contributed by atoms with E-state index in [1.165, 1.54) is 7.11 Å². The Morgan fingerprint density at radius 1 is 1.09 bits per heavy atom. The summed E-state index contributed by atoms with van der Waals surface area (Å²) < 4.78 is 15.5. The molecule has 1 aliphatic rings. The van der Waals surface area contributed by atoms with Crippen molar-refractivity contribution >= 4 is 11.8 Å². The monoisotopic (exact) mass is 312 g/mol. The van der Waals surface area contributed by atoms with Crippen LogP contribution in [0.25, 0.3) is 0 Å². The van der Waals surface area contributed by atoms with Crippen molar-refractivity contribution in [2.75, 3.05) is 13.9 Å². The molecule has 0 fully saturated rings. The minimum absolute atomic E-state index is 0.0380. The van der Waals surface area contributed by atoms with Crippen LogP contribution in [-0.2, 0) is 9.53 Å². The molecule has 0 aromatic heterocycles. The summed E-state index contributed by atoms with van der Waals surface area (Å²) in [4.78, 5) is 24.6. The molecule has 1 unspecified atom stereocenters. The van der Waals surface area contributed by atoms with Crippen molar-refractivity contribution in [3.05, 3.63) is 59.7 Å². The van der Waals surface area contributed by atoms with Crippen LogP contribution in [0, 0.1) is 0 Å². The van der Waals surface area contributed by atoms with Crippen LogP contribution in [0.1, 0.15) is 28.3 Å². The zero-order valence-corrected chi connectivity index (χ0v) is 12.7. The minimum atomic E-state index is -0.679. The third-order valence-electron chi connectivity index (χ3n) is 3.77. The largest absolute Gasteiger partial charge is 0.469 e. The Labute approximate surface area is 133 Å². The smallest absolute Gasteiger partial charge is 0.313 e. The summed E-state index contributed by atoms with van der Waals surface area (Å²) in [6.07, 6.45) is 0.0380. The number of methoxy groups -OCH3 is 1. The summed E-state index contributed by atoms with van der Waals surface area (Å²) in [6.45, 7) is 0.157. The fraction of sp³-hybridized carbons (Fsp3) is 0.222. The predicted octanol–water partition coefficient (Wildman–Crippen LogP) is 2.94. The molecule has 1 atom stereocenters. The van der Waals surface area contributed by atoms with Crippen molar-refractivity contribution in [3.63, 3.8) is 0 Å². The second-order valence-corrected chi connectivity index (χ2v) is 5.18. The first-order chi connectivity index (χ1) is 11.2. The predicted molar refractivity (Wildman–Crippen MR) is 82.7 cm³/mol. The van der Waals surface area contributed by atoms with Crippen molar-refractivity contribution in [3.8, 4) is 11.5 Å². The first kappa shape index (κ1) is 15.1. The molecule has 0 amide bonds. The number of esters is 1. The molecule has 2 aromatic carbocycles. The van der Waals surface area contributed by atoms with Gasteiger partial charge in [-0.15, -0.1) is 0 Å². The van der Waals surface area contributed by atoms with Crippen LogP contribution >= 0.6 is 0 Å². The standard InChI is InChI=1S/C18H16O5/c1-21-18(20)14(10-15(19)12-5-3-2-4-6-12)13-7-8-16-17(9-13)23-11-22-16/h2-9,14H,10-11H2,1H3. The van der Waals surface area contributed by atoms with E-state index in [0.717, 1.165) is 0 Å². The van der Waals surface area contributed by atoms with Crippen molar-refractivity contribution in [1.29, 1.82) is 0 Å². The van der Waals surface area contributed by atoms with Gasteiger partial charge < -0.3 is 14.2 Å². The summed E-state index contributed by atoms with van der Waals surface area (Å²) in [5.41, 5.74) is 1.24. The van der Waals surface area contributed by atoms with Gasteiger partial charge in [0.15, 0.2) is 17.3 Å². The van der Waals surface area contributed by atoms with Crippen molar-refractivity contribution < 1.29 is 23.8 Å². The van der Waals surface area contributed by atoms with E-state index >= 15 is 0 Å². The van der Waals surface area contributed by atoms with Gasteiger partial charge in [-0.3, -0.25) is 9.59 Å². The Hall–Kier alpha value is -2.82. The van der Waals surface area contributed by atoms with Crippen LogP contribution in [0.5, 0.6) is 11.5 Å². The SMILES string of the molecule is COC(=O)C(CC(=O)c1ccccc1)c1ccc2c(c1)OCO2. The Morgan fingerprint density at radius 2 is 1.83 bits per heavy atom. The van der Waals surface area contributed by atoms with Gasteiger partial charge in [0.25, 0.3) is 0 Å². The first-order valence-electron chi connectivity index (χ1n) is 7.24. The number of ketones is 1. The van der Waals surface area contributed by atoms with Crippen LogP contribution in [0.4, 0.5) is 0 Å². The number of hydrogen-bond donors (Lipinski definition) is 0. The van der Waals surface area contributed by atoms with Gasteiger partial charge >= 0.3 is 5.97 Å². The van der Waals surface area contributed by atoms with Gasteiger partial charge in [0.2, 0.25) is 6.79 Å². The number of benzene rings is 2. The van der Waals surface area contributed by atoms with Gasteiger partial charge in [0.1, 0.15) is 0 Å². The lowest BCUT2D eigenvalue weighted by Crippen LogP contribution is -2.18. The fourth-order valence-electron chi connectivity index (χ4n) is 2.54. The molecule has 118 valence electrons. The highest BCUT2D eigenvalue weighted by Crippen LogP contribution is 2.36. The zero-order chi connectivity index (χ0) is 16.2. The molecule has 5 nitrogen and oxygen atoms in total. The molecule has 0 saturated carbocycles. The minimum Gasteiger partial charge on any atom is -0.469 e. The molecule has 3 rings (SSSR count). The molecule has 0 N–H and O–H groups in total. The topological polar surface area (TPSA) is 61.8 Å².